The van der Waals surface area contributed by atoms with Gasteiger partial charge in [0.2, 0.25) is 0 Å². The Morgan fingerprint density at radius 1 is 1.03 bits per heavy atom. The predicted molar refractivity (Wildman–Crippen MR) is 119 cm³/mol. The van der Waals surface area contributed by atoms with Crippen molar-refractivity contribution in [1.29, 1.82) is 0 Å². The van der Waals surface area contributed by atoms with Crippen LogP contribution in [0.1, 0.15) is 35.6 Å². The van der Waals surface area contributed by atoms with E-state index in [1.54, 1.807) is 30.1 Å². The van der Waals surface area contributed by atoms with Crippen LogP contribution in [0.2, 0.25) is 0 Å². The highest BCUT2D eigenvalue weighted by molar-refractivity contribution is 7.97. The van der Waals surface area contributed by atoms with Gasteiger partial charge in [-0.25, -0.2) is 4.31 Å². The average molecular weight is 435 g/mol. The highest BCUT2D eigenvalue weighted by Crippen LogP contribution is 2.52. The number of piperidine rings is 1. The molecule has 0 saturated carbocycles. The smallest absolute Gasteiger partial charge is 0.269 e. The highest BCUT2D eigenvalue weighted by Gasteiger charge is 2.47. The first-order chi connectivity index (χ1) is 15.0. The predicted octanol–water partition coefficient (Wildman–Crippen LogP) is 5.42. The van der Waals surface area contributed by atoms with Crippen molar-refractivity contribution in [3.63, 3.8) is 0 Å². The number of phenolic OH excluding ortho intramolecular Hbond substituents is 1. The van der Waals surface area contributed by atoms with Crippen LogP contribution in [0.5, 0.6) is 5.75 Å². The molecule has 31 heavy (non-hydrogen) atoms. The molecule has 7 heteroatoms. The summed E-state index contributed by atoms with van der Waals surface area (Å²) in [7, 11) is 0. The normalized spacial score (nSPS) is 19.9. The van der Waals surface area contributed by atoms with Crippen LogP contribution in [0.15, 0.2) is 77.7 Å². The maximum absolute atomic E-state index is 10.9. The first-order valence-corrected chi connectivity index (χ1v) is 11.0. The fourth-order valence-corrected chi connectivity index (χ4v) is 5.42. The Labute approximate surface area is 184 Å². The number of fused-ring (bicyclic) bond motifs is 2. The number of benzene rings is 3. The summed E-state index contributed by atoms with van der Waals surface area (Å²) in [6, 6.07) is 22.4. The Morgan fingerprint density at radius 3 is 2.42 bits per heavy atom. The molecule has 2 aliphatic heterocycles. The number of nitro benzene ring substituents is 1. The van der Waals surface area contributed by atoms with Crippen molar-refractivity contribution < 1.29 is 14.8 Å². The van der Waals surface area contributed by atoms with Crippen LogP contribution in [0, 0.1) is 10.1 Å². The molecule has 0 aromatic heterocycles. The quantitative estimate of drug-likeness (QED) is 0.336. The molecule has 1 unspecified atom stereocenters. The van der Waals surface area contributed by atoms with Gasteiger partial charge in [0.1, 0.15) is 11.9 Å². The third-order valence-corrected chi connectivity index (χ3v) is 7.17. The fourth-order valence-electron chi connectivity index (χ4n) is 4.50. The number of hydrogen-bond donors (Lipinski definition) is 1. The topological polar surface area (TPSA) is 75.8 Å². The summed E-state index contributed by atoms with van der Waals surface area (Å²) >= 11 is 1.61. The lowest BCUT2D eigenvalue weighted by molar-refractivity contribution is -0.384. The Morgan fingerprint density at radius 2 is 1.74 bits per heavy atom. The summed E-state index contributed by atoms with van der Waals surface area (Å²) in [6.07, 6.45) is 1.49. The molecule has 0 aliphatic carbocycles. The van der Waals surface area contributed by atoms with Crippen molar-refractivity contribution in [2.45, 2.75) is 29.4 Å². The van der Waals surface area contributed by atoms with E-state index >= 15 is 0 Å². The molecule has 158 valence electrons. The van der Waals surface area contributed by atoms with E-state index in [-0.39, 0.29) is 22.5 Å². The van der Waals surface area contributed by atoms with Gasteiger partial charge in [0.25, 0.3) is 5.69 Å². The molecule has 3 aromatic rings. The zero-order chi connectivity index (χ0) is 21.4. The van der Waals surface area contributed by atoms with E-state index in [2.05, 4.69) is 16.4 Å². The molecular weight excluding hydrogens is 412 g/mol. The Balaban J connectivity index is 1.34. The van der Waals surface area contributed by atoms with E-state index < -0.39 is 5.60 Å². The number of rotatable bonds is 4. The van der Waals surface area contributed by atoms with Crippen LogP contribution in [0.4, 0.5) is 5.69 Å². The van der Waals surface area contributed by atoms with E-state index in [9.17, 15) is 15.2 Å². The molecule has 1 spiro atoms. The lowest BCUT2D eigenvalue weighted by atomic mass is 9.83. The van der Waals surface area contributed by atoms with Crippen LogP contribution in [0.3, 0.4) is 0 Å². The van der Waals surface area contributed by atoms with Crippen LogP contribution in [0.25, 0.3) is 0 Å². The van der Waals surface area contributed by atoms with Gasteiger partial charge in [0.05, 0.1) is 10.5 Å². The van der Waals surface area contributed by atoms with E-state index in [0.29, 0.717) is 0 Å². The van der Waals surface area contributed by atoms with Gasteiger partial charge in [-0.05, 0) is 65.7 Å². The monoisotopic (exact) mass is 434 g/mol. The number of nitrogens with zero attached hydrogens (tertiary/aromatic N) is 2. The molecule has 1 saturated heterocycles. The summed E-state index contributed by atoms with van der Waals surface area (Å²) in [5.41, 5.74) is 3.02. The third-order valence-electron chi connectivity index (χ3n) is 6.07. The van der Waals surface area contributed by atoms with Crippen LogP contribution < -0.4 is 0 Å². The number of nitro groups is 1. The number of ether oxygens (including phenoxy) is 1. The summed E-state index contributed by atoms with van der Waals surface area (Å²) < 4.78 is 8.99. The van der Waals surface area contributed by atoms with Crippen molar-refractivity contribution >= 4 is 17.6 Å². The molecule has 0 amide bonds. The lowest BCUT2D eigenvalue weighted by Crippen LogP contribution is -2.39. The maximum atomic E-state index is 10.9. The zero-order valence-electron chi connectivity index (χ0n) is 16.8. The summed E-state index contributed by atoms with van der Waals surface area (Å²) in [5, 5.41) is 21.0. The number of non-ortho nitro benzene ring substituents is 1. The van der Waals surface area contributed by atoms with Crippen LogP contribution >= 0.6 is 11.9 Å². The SMILES string of the molecule is O=[N+]([O-])c1ccc(SN2CCC3(CC2)OC(c2ccccc2)c2ccc(O)cc23)cc1. The van der Waals surface area contributed by atoms with Gasteiger partial charge in [-0.3, -0.25) is 10.1 Å². The van der Waals surface area contributed by atoms with Gasteiger partial charge < -0.3 is 9.84 Å². The van der Waals surface area contributed by atoms with Gasteiger partial charge in [-0.2, -0.15) is 0 Å². The summed E-state index contributed by atoms with van der Waals surface area (Å²) in [6.45, 7) is 1.64. The van der Waals surface area contributed by atoms with Gasteiger partial charge in [-0.15, -0.1) is 0 Å². The minimum Gasteiger partial charge on any atom is -0.508 e. The molecule has 1 atom stereocenters. The average Bonchev–Trinajstić information content (AvgIpc) is 3.10. The van der Waals surface area contributed by atoms with Crippen molar-refractivity contribution in [3.8, 4) is 5.75 Å². The summed E-state index contributed by atoms with van der Waals surface area (Å²) in [4.78, 5) is 11.5. The van der Waals surface area contributed by atoms with Crippen molar-refractivity contribution in [1.82, 2.24) is 4.31 Å². The van der Waals surface area contributed by atoms with Crippen LogP contribution in [-0.2, 0) is 10.3 Å². The lowest BCUT2D eigenvalue weighted by Gasteiger charge is -2.39. The number of aromatic hydroxyl groups is 1. The molecule has 2 heterocycles. The second-order valence-electron chi connectivity index (χ2n) is 7.95. The molecule has 2 aliphatic rings. The molecule has 0 radical (unpaired) electrons. The van der Waals surface area contributed by atoms with Gasteiger partial charge >= 0.3 is 0 Å². The number of hydrogen-bond acceptors (Lipinski definition) is 6. The molecule has 1 fully saturated rings. The van der Waals surface area contributed by atoms with E-state index in [4.69, 9.17) is 4.74 Å². The van der Waals surface area contributed by atoms with Crippen molar-refractivity contribution in [2.24, 2.45) is 0 Å². The maximum Gasteiger partial charge on any atom is 0.269 e. The molecule has 0 bridgehead atoms. The zero-order valence-corrected chi connectivity index (χ0v) is 17.6. The molecule has 1 N–H and O–H groups in total. The Bertz CT molecular complexity index is 1100. The first kappa shape index (κ1) is 20.1. The third kappa shape index (κ3) is 3.80. The van der Waals surface area contributed by atoms with E-state index in [1.807, 2.05) is 30.3 Å². The Kier molecular flexibility index (Phi) is 5.17. The highest BCUT2D eigenvalue weighted by atomic mass is 32.2. The largest absolute Gasteiger partial charge is 0.508 e. The second kappa shape index (κ2) is 8.00. The van der Waals surface area contributed by atoms with E-state index in [0.717, 1.165) is 47.5 Å². The molecule has 3 aromatic carbocycles. The molecular formula is C24H22N2O4S. The Hall–Kier alpha value is -2.87. The molecule has 6 nitrogen and oxygen atoms in total. The standard InChI is InChI=1S/C24H22N2O4S/c27-19-8-11-21-22(16-19)24(30-23(21)17-4-2-1-3-5-17)12-14-25(15-13-24)31-20-9-6-18(7-10-20)26(28)29/h1-11,16,23,27H,12-15H2. The summed E-state index contributed by atoms with van der Waals surface area (Å²) in [5.74, 6) is 0.262. The minimum atomic E-state index is -0.416. The molecule has 5 rings (SSSR count). The van der Waals surface area contributed by atoms with E-state index in [1.165, 1.54) is 12.1 Å². The van der Waals surface area contributed by atoms with Crippen molar-refractivity contribution in [2.75, 3.05) is 13.1 Å². The fraction of sp³-hybridized carbons (Fsp3) is 0.250. The van der Waals surface area contributed by atoms with Gasteiger partial charge in [0.15, 0.2) is 0 Å². The minimum absolute atomic E-state index is 0.102. The first-order valence-electron chi connectivity index (χ1n) is 10.3. The van der Waals surface area contributed by atoms with Crippen LogP contribution in [-0.4, -0.2) is 27.4 Å². The van der Waals surface area contributed by atoms with Gasteiger partial charge in [-0.1, -0.05) is 36.4 Å². The second-order valence-corrected chi connectivity index (χ2v) is 9.12. The number of phenols is 1. The van der Waals surface area contributed by atoms with Crippen molar-refractivity contribution in [3.05, 3.63) is 99.6 Å². The van der Waals surface area contributed by atoms with Gasteiger partial charge in [0, 0.05) is 30.1 Å².